The molecule has 0 aromatic heterocycles. The Labute approximate surface area is 136 Å². The largest absolute Gasteiger partial charge is 0.456 e. The van der Waals surface area contributed by atoms with Crippen molar-refractivity contribution in [3.63, 3.8) is 0 Å². The molecule has 22 heavy (non-hydrogen) atoms. The number of hydrogen-bond acceptors (Lipinski definition) is 3. The fraction of sp³-hybridized carbons (Fsp3) is 0.556. The molecule has 1 spiro atoms. The highest BCUT2D eigenvalue weighted by molar-refractivity contribution is 6.30. The molecule has 4 heteroatoms. The van der Waals surface area contributed by atoms with Crippen molar-refractivity contribution in [1.82, 2.24) is 0 Å². The van der Waals surface area contributed by atoms with Gasteiger partial charge in [-0.15, -0.1) is 0 Å². The second kappa shape index (κ2) is 6.04. The van der Waals surface area contributed by atoms with Gasteiger partial charge in [-0.1, -0.05) is 49.9 Å². The van der Waals surface area contributed by atoms with Gasteiger partial charge in [0.05, 0.1) is 5.92 Å². The number of esters is 1. The Hall–Kier alpha value is -1.35. The van der Waals surface area contributed by atoms with Crippen LogP contribution in [-0.2, 0) is 14.3 Å². The summed E-state index contributed by atoms with van der Waals surface area (Å²) in [5.74, 6) is -0.482. The first-order chi connectivity index (χ1) is 10.6. The van der Waals surface area contributed by atoms with Crippen LogP contribution in [0.1, 0.15) is 57.1 Å². The summed E-state index contributed by atoms with van der Waals surface area (Å²) in [7, 11) is 0. The molecule has 1 saturated carbocycles. The fourth-order valence-corrected chi connectivity index (χ4v) is 3.99. The summed E-state index contributed by atoms with van der Waals surface area (Å²) >= 11 is 5.92. The molecule has 118 valence electrons. The molecule has 3 rings (SSSR count). The molecule has 1 aliphatic heterocycles. The van der Waals surface area contributed by atoms with E-state index >= 15 is 0 Å². The van der Waals surface area contributed by atoms with Crippen LogP contribution in [0.5, 0.6) is 0 Å². The van der Waals surface area contributed by atoms with E-state index in [1.165, 1.54) is 0 Å². The third-order valence-electron chi connectivity index (χ3n) is 5.14. The summed E-state index contributed by atoms with van der Waals surface area (Å²) in [4.78, 5) is 25.7. The van der Waals surface area contributed by atoms with Crippen molar-refractivity contribution in [2.75, 3.05) is 0 Å². The van der Waals surface area contributed by atoms with Gasteiger partial charge in [0.2, 0.25) is 0 Å². The standard InChI is InChI=1S/C18H21ClO3/c1-2-14-15(12-6-8-13(19)9-7-12)22-17(21)18(16(14)20)10-4-3-5-11-18/h6-9,14-15H,2-5,10-11H2,1H3. The molecular weight excluding hydrogens is 300 g/mol. The van der Waals surface area contributed by atoms with Crippen LogP contribution in [0.3, 0.4) is 0 Å². The van der Waals surface area contributed by atoms with E-state index in [9.17, 15) is 9.59 Å². The Morgan fingerprint density at radius 1 is 1.14 bits per heavy atom. The SMILES string of the molecule is CCC1C(=O)C2(CCCCC2)C(=O)OC1c1ccc(Cl)cc1. The van der Waals surface area contributed by atoms with Crippen molar-refractivity contribution in [1.29, 1.82) is 0 Å². The monoisotopic (exact) mass is 320 g/mol. The minimum absolute atomic E-state index is 0.0888. The zero-order valence-corrected chi connectivity index (χ0v) is 13.6. The molecule has 2 aliphatic rings. The summed E-state index contributed by atoms with van der Waals surface area (Å²) < 4.78 is 5.78. The normalized spacial score (nSPS) is 27.7. The predicted molar refractivity (Wildman–Crippen MR) is 84.6 cm³/mol. The van der Waals surface area contributed by atoms with Gasteiger partial charge in [-0.3, -0.25) is 9.59 Å². The Bertz CT molecular complexity index is 572. The number of ether oxygens (including phenoxy) is 1. The van der Waals surface area contributed by atoms with Crippen molar-refractivity contribution in [2.24, 2.45) is 11.3 Å². The highest BCUT2D eigenvalue weighted by Gasteiger charge is 2.55. The van der Waals surface area contributed by atoms with E-state index in [0.717, 1.165) is 24.8 Å². The van der Waals surface area contributed by atoms with Gasteiger partial charge in [0.15, 0.2) is 5.78 Å². The van der Waals surface area contributed by atoms with E-state index < -0.39 is 11.5 Å². The third kappa shape index (κ3) is 2.45. The Balaban J connectivity index is 1.93. The van der Waals surface area contributed by atoms with Crippen molar-refractivity contribution < 1.29 is 14.3 Å². The number of carbonyl (C=O) groups excluding carboxylic acids is 2. The highest BCUT2D eigenvalue weighted by atomic mass is 35.5. The minimum Gasteiger partial charge on any atom is -0.456 e. The number of halogens is 1. The number of Topliss-reactive ketones (excluding diaryl/α,β-unsaturated/α-hetero) is 1. The van der Waals surface area contributed by atoms with Crippen molar-refractivity contribution >= 4 is 23.4 Å². The summed E-state index contributed by atoms with van der Waals surface area (Å²) in [6.45, 7) is 1.99. The lowest BCUT2D eigenvalue weighted by molar-refractivity contribution is -0.184. The molecule has 1 aromatic carbocycles. The van der Waals surface area contributed by atoms with Gasteiger partial charge < -0.3 is 4.74 Å². The van der Waals surface area contributed by atoms with E-state index in [1.807, 2.05) is 19.1 Å². The van der Waals surface area contributed by atoms with Crippen LogP contribution in [0, 0.1) is 11.3 Å². The lowest BCUT2D eigenvalue weighted by Gasteiger charge is -2.43. The van der Waals surface area contributed by atoms with Crippen LogP contribution >= 0.6 is 11.6 Å². The molecule has 0 radical (unpaired) electrons. The average molecular weight is 321 g/mol. The molecule has 1 aliphatic carbocycles. The third-order valence-corrected chi connectivity index (χ3v) is 5.40. The van der Waals surface area contributed by atoms with Crippen LogP contribution in [0.25, 0.3) is 0 Å². The van der Waals surface area contributed by atoms with E-state index in [-0.39, 0.29) is 17.7 Å². The van der Waals surface area contributed by atoms with Crippen LogP contribution in [-0.4, -0.2) is 11.8 Å². The van der Waals surface area contributed by atoms with E-state index in [4.69, 9.17) is 16.3 Å². The molecule has 2 unspecified atom stereocenters. The zero-order valence-electron chi connectivity index (χ0n) is 12.8. The van der Waals surface area contributed by atoms with Gasteiger partial charge in [-0.05, 0) is 37.0 Å². The van der Waals surface area contributed by atoms with Gasteiger partial charge in [-0.2, -0.15) is 0 Å². The maximum absolute atomic E-state index is 13.1. The average Bonchev–Trinajstić information content (AvgIpc) is 2.54. The van der Waals surface area contributed by atoms with Crippen molar-refractivity contribution in [2.45, 2.75) is 51.6 Å². The Morgan fingerprint density at radius 3 is 2.36 bits per heavy atom. The maximum atomic E-state index is 13.1. The van der Waals surface area contributed by atoms with Crippen LogP contribution in [0.15, 0.2) is 24.3 Å². The summed E-state index contributed by atoms with van der Waals surface area (Å²) in [6, 6.07) is 7.23. The first kappa shape index (κ1) is 15.5. The van der Waals surface area contributed by atoms with Crippen molar-refractivity contribution in [3.05, 3.63) is 34.9 Å². The van der Waals surface area contributed by atoms with E-state index in [2.05, 4.69) is 0 Å². The number of benzene rings is 1. The number of ketones is 1. The van der Waals surface area contributed by atoms with Gasteiger partial charge in [0.1, 0.15) is 11.5 Å². The molecule has 0 N–H and O–H groups in total. The molecule has 3 nitrogen and oxygen atoms in total. The summed E-state index contributed by atoms with van der Waals surface area (Å²) in [5.41, 5.74) is -0.0226. The molecule has 0 amide bonds. The lowest BCUT2D eigenvalue weighted by atomic mass is 9.64. The lowest BCUT2D eigenvalue weighted by Crippen LogP contribution is -2.51. The first-order valence-electron chi connectivity index (χ1n) is 8.09. The molecule has 1 aromatic rings. The topological polar surface area (TPSA) is 43.4 Å². The number of cyclic esters (lactones) is 1. The molecular formula is C18H21ClO3. The maximum Gasteiger partial charge on any atom is 0.320 e. The van der Waals surface area contributed by atoms with Crippen LogP contribution in [0.4, 0.5) is 0 Å². The van der Waals surface area contributed by atoms with Crippen LogP contribution in [0.2, 0.25) is 5.02 Å². The van der Waals surface area contributed by atoms with Crippen molar-refractivity contribution in [3.8, 4) is 0 Å². The second-order valence-corrected chi connectivity index (χ2v) is 6.84. The summed E-state index contributed by atoms with van der Waals surface area (Å²) in [6.07, 6.45) is 4.46. The van der Waals surface area contributed by atoms with E-state index in [0.29, 0.717) is 24.3 Å². The van der Waals surface area contributed by atoms with Gasteiger partial charge in [0, 0.05) is 5.02 Å². The molecule has 1 saturated heterocycles. The zero-order chi connectivity index (χ0) is 15.7. The van der Waals surface area contributed by atoms with Gasteiger partial charge >= 0.3 is 5.97 Å². The molecule has 1 heterocycles. The Morgan fingerprint density at radius 2 is 1.77 bits per heavy atom. The quantitative estimate of drug-likeness (QED) is 0.596. The highest BCUT2D eigenvalue weighted by Crippen LogP contribution is 2.48. The molecule has 2 fully saturated rings. The number of hydrogen-bond donors (Lipinski definition) is 0. The first-order valence-corrected chi connectivity index (χ1v) is 8.47. The minimum atomic E-state index is -0.873. The second-order valence-electron chi connectivity index (χ2n) is 6.40. The smallest absolute Gasteiger partial charge is 0.320 e. The number of carbonyl (C=O) groups is 2. The van der Waals surface area contributed by atoms with E-state index in [1.54, 1.807) is 12.1 Å². The molecule has 2 atom stereocenters. The van der Waals surface area contributed by atoms with Crippen LogP contribution < -0.4 is 0 Å². The van der Waals surface area contributed by atoms with Gasteiger partial charge in [0.25, 0.3) is 0 Å². The Kier molecular flexibility index (Phi) is 4.26. The predicted octanol–water partition coefficient (Wildman–Crippen LogP) is 4.48. The number of rotatable bonds is 2. The van der Waals surface area contributed by atoms with Gasteiger partial charge in [-0.25, -0.2) is 0 Å². The molecule has 0 bridgehead atoms. The summed E-state index contributed by atoms with van der Waals surface area (Å²) in [5, 5.41) is 0.633. The fourth-order valence-electron chi connectivity index (χ4n) is 3.86.